The number of pyridine rings is 1. The Morgan fingerprint density at radius 1 is 0.867 bits per heavy atom. The van der Waals surface area contributed by atoms with E-state index in [0.29, 0.717) is 0 Å². The van der Waals surface area contributed by atoms with Crippen LogP contribution in [0, 0.1) is 13.8 Å². The fraction of sp³-hybridized carbons (Fsp3) is 0.179. The van der Waals surface area contributed by atoms with Gasteiger partial charge in [0.1, 0.15) is 0 Å². The SMILES string of the molecule is [2H]C(C)(C)c1ccnc(-c2cccc3c2sc2c(C)c(-c4ccccc4)c(C)cc23)c1. The summed E-state index contributed by atoms with van der Waals surface area (Å²) in [5.41, 5.74) is 8.30. The minimum atomic E-state index is -0.649. The minimum Gasteiger partial charge on any atom is -0.256 e. The van der Waals surface area contributed by atoms with Crippen molar-refractivity contribution in [2.75, 3.05) is 0 Å². The summed E-state index contributed by atoms with van der Waals surface area (Å²) in [4.78, 5) is 4.67. The molecule has 0 amide bonds. The molecule has 2 heteroatoms. The van der Waals surface area contributed by atoms with Crippen LogP contribution in [0.3, 0.4) is 0 Å². The molecule has 1 nitrogen and oxygen atoms in total. The van der Waals surface area contributed by atoms with Gasteiger partial charge in [0.15, 0.2) is 0 Å². The molecule has 0 saturated heterocycles. The highest BCUT2D eigenvalue weighted by Crippen LogP contribution is 2.44. The van der Waals surface area contributed by atoms with Crippen molar-refractivity contribution in [1.82, 2.24) is 4.98 Å². The lowest BCUT2D eigenvalue weighted by Crippen LogP contribution is -1.90. The van der Waals surface area contributed by atoms with E-state index in [1.165, 1.54) is 42.4 Å². The molecule has 2 aromatic heterocycles. The van der Waals surface area contributed by atoms with Gasteiger partial charge in [-0.25, -0.2) is 0 Å². The smallest absolute Gasteiger partial charge is 0.0719 e. The maximum absolute atomic E-state index is 8.41. The van der Waals surface area contributed by atoms with Gasteiger partial charge in [0.2, 0.25) is 0 Å². The molecular weight excluding hydrogens is 382 g/mol. The number of aromatic nitrogens is 1. The van der Waals surface area contributed by atoms with E-state index in [1.54, 1.807) is 0 Å². The first-order valence-electron chi connectivity index (χ1n) is 10.8. The summed E-state index contributed by atoms with van der Waals surface area (Å²) in [6.07, 6.45) is 1.83. The van der Waals surface area contributed by atoms with Crippen molar-refractivity contribution in [1.29, 1.82) is 0 Å². The quantitative estimate of drug-likeness (QED) is 0.291. The van der Waals surface area contributed by atoms with Gasteiger partial charge in [0, 0.05) is 33.3 Å². The average Bonchev–Trinajstić information content (AvgIpc) is 3.13. The highest BCUT2D eigenvalue weighted by Gasteiger charge is 2.17. The van der Waals surface area contributed by atoms with Gasteiger partial charge in [-0.15, -0.1) is 11.3 Å². The van der Waals surface area contributed by atoms with Crippen LogP contribution in [0.15, 0.2) is 72.9 Å². The van der Waals surface area contributed by atoms with Crippen molar-refractivity contribution in [3.8, 4) is 22.4 Å². The maximum Gasteiger partial charge on any atom is 0.0719 e. The Labute approximate surface area is 183 Å². The fourth-order valence-electron chi connectivity index (χ4n) is 4.40. The van der Waals surface area contributed by atoms with Crippen LogP contribution in [0.4, 0.5) is 0 Å². The summed E-state index contributed by atoms with van der Waals surface area (Å²) < 4.78 is 11.0. The van der Waals surface area contributed by atoms with Crippen LogP contribution >= 0.6 is 11.3 Å². The van der Waals surface area contributed by atoms with Gasteiger partial charge in [0.25, 0.3) is 0 Å². The van der Waals surface area contributed by atoms with Gasteiger partial charge in [0.05, 0.1) is 5.69 Å². The number of rotatable bonds is 3. The molecule has 5 rings (SSSR count). The van der Waals surface area contributed by atoms with E-state index in [2.05, 4.69) is 79.5 Å². The summed E-state index contributed by atoms with van der Waals surface area (Å²) >= 11 is 1.85. The topological polar surface area (TPSA) is 12.9 Å². The first-order chi connectivity index (χ1) is 14.8. The molecule has 0 N–H and O–H groups in total. The molecule has 0 fully saturated rings. The van der Waals surface area contributed by atoms with E-state index < -0.39 is 5.89 Å². The Kier molecular flexibility index (Phi) is 4.39. The van der Waals surface area contributed by atoms with E-state index in [0.717, 1.165) is 16.8 Å². The minimum absolute atomic E-state index is 0.649. The van der Waals surface area contributed by atoms with Crippen molar-refractivity contribution < 1.29 is 1.37 Å². The number of fused-ring (bicyclic) bond motifs is 3. The van der Waals surface area contributed by atoms with Crippen LogP contribution in [0.5, 0.6) is 0 Å². The van der Waals surface area contributed by atoms with Gasteiger partial charge in [-0.3, -0.25) is 4.98 Å². The third-order valence-electron chi connectivity index (χ3n) is 5.90. The Bertz CT molecular complexity index is 1420. The number of thiophene rings is 1. The molecule has 0 radical (unpaired) electrons. The zero-order valence-corrected chi connectivity index (χ0v) is 18.6. The van der Waals surface area contributed by atoms with Gasteiger partial charge >= 0.3 is 0 Å². The molecule has 30 heavy (non-hydrogen) atoms. The zero-order chi connectivity index (χ0) is 21.8. The van der Waals surface area contributed by atoms with Gasteiger partial charge in [-0.05, 0) is 65.8 Å². The molecule has 5 aromatic rings. The van der Waals surface area contributed by atoms with Crippen LogP contribution in [0.25, 0.3) is 42.6 Å². The van der Waals surface area contributed by atoms with Crippen LogP contribution in [0.1, 0.15) is 37.8 Å². The van der Waals surface area contributed by atoms with Crippen LogP contribution in [-0.4, -0.2) is 4.98 Å². The standard InChI is InChI=1S/C28H25NS/c1-17(2)21-13-14-29-25(16-21)23-12-8-11-22-24-15-18(3)26(20-9-6-5-7-10-20)19(4)27(24)30-28(22)23/h5-17H,1-4H3/i17D. The Morgan fingerprint density at radius 3 is 2.43 bits per heavy atom. The lowest BCUT2D eigenvalue weighted by atomic mass is 9.93. The second-order valence-electron chi connectivity index (χ2n) is 8.15. The van der Waals surface area contributed by atoms with E-state index >= 15 is 0 Å². The predicted molar refractivity (Wildman–Crippen MR) is 132 cm³/mol. The van der Waals surface area contributed by atoms with Crippen molar-refractivity contribution in [2.24, 2.45) is 0 Å². The third kappa shape index (κ3) is 3.03. The van der Waals surface area contributed by atoms with Gasteiger partial charge < -0.3 is 0 Å². The summed E-state index contributed by atoms with van der Waals surface area (Å²) in [5.74, 6) is -0.649. The molecule has 0 aliphatic heterocycles. The predicted octanol–water partition coefficient (Wildman–Crippen LogP) is 8.52. The Morgan fingerprint density at radius 2 is 1.67 bits per heavy atom. The Hall–Kier alpha value is -2.97. The molecule has 148 valence electrons. The second-order valence-corrected chi connectivity index (χ2v) is 9.17. The largest absolute Gasteiger partial charge is 0.256 e. The first-order valence-corrected chi connectivity index (χ1v) is 11.1. The third-order valence-corrected chi connectivity index (χ3v) is 7.27. The fourth-order valence-corrected chi connectivity index (χ4v) is 5.71. The molecule has 0 aliphatic rings. The molecule has 0 unspecified atom stereocenters. The van der Waals surface area contributed by atoms with Crippen LogP contribution < -0.4 is 0 Å². The summed E-state index contributed by atoms with van der Waals surface area (Å²) in [6.45, 7) is 8.30. The number of aryl methyl sites for hydroxylation is 2. The molecule has 0 aliphatic carbocycles. The van der Waals surface area contributed by atoms with Crippen LogP contribution in [0.2, 0.25) is 0 Å². The van der Waals surface area contributed by atoms with E-state index in [1.807, 2.05) is 37.4 Å². The zero-order valence-electron chi connectivity index (χ0n) is 18.8. The highest BCUT2D eigenvalue weighted by atomic mass is 32.1. The monoisotopic (exact) mass is 408 g/mol. The molecule has 3 aromatic carbocycles. The van der Waals surface area contributed by atoms with Gasteiger partial charge in [-0.1, -0.05) is 62.4 Å². The molecule has 2 heterocycles. The lowest BCUT2D eigenvalue weighted by molar-refractivity contribution is 0.864. The molecule has 0 bridgehead atoms. The Balaban J connectivity index is 1.78. The number of hydrogen-bond acceptors (Lipinski definition) is 2. The summed E-state index contributed by atoms with van der Waals surface area (Å²) in [5, 5.41) is 2.59. The number of hydrogen-bond donors (Lipinski definition) is 0. The van der Waals surface area contributed by atoms with E-state index in [-0.39, 0.29) is 0 Å². The molecular formula is C28H25NS. The maximum atomic E-state index is 8.41. The van der Waals surface area contributed by atoms with Crippen LogP contribution in [-0.2, 0) is 0 Å². The molecule has 0 saturated carbocycles. The van der Waals surface area contributed by atoms with Gasteiger partial charge in [-0.2, -0.15) is 0 Å². The normalized spacial score (nSPS) is 12.5. The van der Waals surface area contributed by atoms with E-state index in [9.17, 15) is 0 Å². The highest BCUT2D eigenvalue weighted by molar-refractivity contribution is 7.26. The second kappa shape index (κ2) is 7.37. The van der Waals surface area contributed by atoms with E-state index in [4.69, 9.17) is 1.37 Å². The number of nitrogens with zero attached hydrogens (tertiary/aromatic N) is 1. The van der Waals surface area contributed by atoms with Crippen molar-refractivity contribution in [2.45, 2.75) is 33.6 Å². The summed E-state index contributed by atoms with van der Waals surface area (Å²) in [7, 11) is 0. The summed E-state index contributed by atoms with van der Waals surface area (Å²) in [6, 6.07) is 23.5. The first kappa shape index (κ1) is 17.9. The average molecular weight is 409 g/mol. The van der Waals surface area contributed by atoms with Crippen molar-refractivity contribution >= 4 is 31.5 Å². The molecule has 0 spiro atoms. The lowest BCUT2D eigenvalue weighted by Gasteiger charge is -2.11. The van der Waals surface area contributed by atoms with Crippen molar-refractivity contribution in [3.63, 3.8) is 0 Å². The molecule has 0 atom stereocenters. The van der Waals surface area contributed by atoms with Crippen molar-refractivity contribution in [3.05, 3.63) is 89.6 Å². The number of benzene rings is 3.